The molecule has 1 heterocycles. The lowest BCUT2D eigenvalue weighted by molar-refractivity contribution is 0.602. The number of nitrogens with two attached hydrogens (primary N) is 1. The van der Waals surface area contributed by atoms with Crippen molar-refractivity contribution in [1.82, 2.24) is 0 Å². The first-order chi connectivity index (χ1) is 7.20. The molecule has 1 fully saturated rings. The summed E-state index contributed by atoms with van der Waals surface area (Å²) in [7, 11) is 0. The second kappa shape index (κ2) is 4.73. The third-order valence-corrected chi connectivity index (χ3v) is 3.68. The van der Waals surface area contributed by atoms with E-state index in [1.54, 1.807) is 0 Å². The van der Waals surface area contributed by atoms with E-state index in [0.29, 0.717) is 5.92 Å². The van der Waals surface area contributed by atoms with Gasteiger partial charge < -0.3 is 10.6 Å². The minimum Gasteiger partial charge on any atom is -0.370 e. The van der Waals surface area contributed by atoms with E-state index in [2.05, 4.69) is 26.9 Å². The van der Waals surface area contributed by atoms with Crippen molar-refractivity contribution < 1.29 is 0 Å². The van der Waals surface area contributed by atoms with Gasteiger partial charge in [0, 0.05) is 17.6 Å². The Morgan fingerprint density at radius 3 is 3.00 bits per heavy atom. The summed E-state index contributed by atoms with van der Waals surface area (Å²) in [6.07, 6.45) is 1.17. The summed E-state index contributed by atoms with van der Waals surface area (Å²) < 4.78 is 1.07. The Labute approximate surface area is 104 Å². The normalized spacial score (nSPS) is 21.0. The van der Waals surface area contributed by atoms with Crippen molar-refractivity contribution in [2.45, 2.75) is 6.42 Å². The van der Waals surface area contributed by atoms with E-state index in [1.807, 2.05) is 12.1 Å². The van der Waals surface area contributed by atoms with Crippen LogP contribution in [0.4, 0.5) is 5.69 Å². The third-order valence-electron chi connectivity index (χ3n) is 2.87. The van der Waals surface area contributed by atoms with Crippen molar-refractivity contribution in [2.75, 3.05) is 24.5 Å². The highest BCUT2D eigenvalue weighted by atomic mass is 79.9. The number of anilines is 1. The highest BCUT2D eigenvalue weighted by molar-refractivity contribution is 9.10. The van der Waals surface area contributed by atoms with Gasteiger partial charge in [0.25, 0.3) is 0 Å². The molecule has 1 aliphatic heterocycles. The summed E-state index contributed by atoms with van der Waals surface area (Å²) in [4.78, 5) is 2.31. The fourth-order valence-corrected chi connectivity index (χ4v) is 2.56. The zero-order valence-corrected chi connectivity index (χ0v) is 10.8. The fraction of sp³-hybridized carbons (Fsp3) is 0.455. The maximum Gasteiger partial charge on any atom is 0.0640 e. The van der Waals surface area contributed by atoms with Crippen molar-refractivity contribution in [1.29, 1.82) is 0 Å². The predicted octanol–water partition coefficient (Wildman–Crippen LogP) is 2.89. The minimum atomic E-state index is 0.611. The number of nitrogens with zero attached hydrogens (tertiary/aromatic N) is 1. The van der Waals surface area contributed by atoms with Crippen LogP contribution >= 0.6 is 27.5 Å². The van der Waals surface area contributed by atoms with E-state index in [0.717, 1.165) is 34.8 Å². The van der Waals surface area contributed by atoms with Crippen LogP contribution in [0.15, 0.2) is 22.7 Å². The molecular formula is C11H14BrClN2. The van der Waals surface area contributed by atoms with E-state index >= 15 is 0 Å². The molecule has 2 rings (SSSR count). The van der Waals surface area contributed by atoms with Crippen molar-refractivity contribution in [3.63, 3.8) is 0 Å². The standard InChI is InChI=1S/C11H14BrClN2/c12-9-1-2-10(13)11(5-9)15-4-3-8(6-14)7-15/h1-2,5,8H,3-4,6-7,14H2. The molecule has 0 amide bonds. The number of benzene rings is 1. The highest BCUT2D eigenvalue weighted by Crippen LogP contribution is 2.32. The molecular weight excluding hydrogens is 275 g/mol. The van der Waals surface area contributed by atoms with Gasteiger partial charge in [-0.3, -0.25) is 0 Å². The van der Waals surface area contributed by atoms with Crippen LogP contribution in [0.1, 0.15) is 6.42 Å². The Morgan fingerprint density at radius 2 is 2.33 bits per heavy atom. The van der Waals surface area contributed by atoms with Crippen molar-refractivity contribution >= 4 is 33.2 Å². The molecule has 1 aliphatic rings. The van der Waals surface area contributed by atoms with Gasteiger partial charge in [-0.15, -0.1) is 0 Å². The molecule has 1 saturated heterocycles. The van der Waals surface area contributed by atoms with E-state index in [1.165, 1.54) is 6.42 Å². The average molecular weight is 290 g/mol. The molecule has 0 bridgehead atoms. The van der Waals surface area contributed by atoms with Crippen LogP contribution in [-0.4, -0.2) is 19.6 Å². The fourth-order valence-electron chi connectivity index (χ4n) is 1.97. The summed E-state index contributed by atoms with van der Waals surface area (Å²) in [6.45, 7) is 2.84. The maximum atomic E-state index is 6.17. The number of halogens is 2. The van der Waals surface area contributed by atoms with Gasteiger partial charge in [-0.2, -0.15) is 0 Å². The van der Waals surface area contributed by atoms with E-state index in [9.17, 15) is 0 Å². The summed E-state index contributed by atoms with van der Waals surface area (Å²) in [5.41, 5.74) is 6.79. The molecule has 1 aromatic carbocycles. The SMILES string of the molecule is NCC1CCN(c2cc(Br)ccc2Cl)C1. The molecule has 0 aromatic heterocycles. The Kier molecular flexibility index (Phi) is 3.54. The smallest absolute Gasteiger partial charge is 0.0640 e. The van der Waals surface area contributed by atoms with E-state index in [4.69, 9.17) is 17.3 Å². The van der Waals surface area contributed by atoms with Crippen LogP contribution in [0.25, 0.3) is 0 Å². The van der Waals surface area contributed by atoms with Crippen LogP contribution in [0.5, 0.6) is 0 Å². The first-order valence-electron chi connectivity index (χ1n) is 5.11. The third kappa shape index (κ3) is 2.47. The molecule has 0 radical (unpaired) electrons. The molecule has 2 nitrogen and oxygen atoms in total. The van der Waals surface area contributed by atoms with Gasteiger partial charge in [0.05, 0.1) is 10.7 Å². The van der Waals surface area contributed by atoms with E-state index in [-0.39, 0.29) is 0 Å². The highest BCUT2D eigenvalue weighted by Gasteiger charge is 2.22. The molecule has 0 spiro atoms. The van der Waals surface area contributed by atoms with Crippen molar-refractivity contribution in [3.8, 4) is 0 Å². The van der Waals surface area contributed by atoms with Gasteiger partial charge in [-0.25, -0.2) is 0 Å². The van der Waals surface area contributed by atoms with Crippen LogP contribution in [0.3, 0.4) is 0 Å². The van der Waals surface area contributed by atoms with Crippen molar-refractivity contribution in [2.24, 2.45) is 11.7 Å². The monoisotopic (exact) mass is 288 g/mol. The molecule has 0 saturated carbocycles. The predicted molar refractivity (Wildman–Crippen MR) is 68.5 cm³/mol. The van der Waals surface area contributed by atoms with Crippen LogP contribution in [0.2, 0.25) is 5.02 Å². The summed E-state index contributed by atoms with van der Waals surface area (Å²) in [5.74, 6) is 0.611. The lowest BCUT2D eigenvalue weighted by Gasteiger charge is -2.20. The average Bonchev–Trinajstić information content (AvgIpc) is 2.70. The van der Waals surface area contributed by atoms with Gasteiger partial charge in [0.15, 0.2) is 0 Å². The van der Waals surface area contributed by atoms with Gasteiger partial charge in [-0.05, 0) is 37.1 Å². The van der Waals surface area contributed by atoms with E-state index < -0.39 is 0 Å². The molecule has 82 valence electrons. The number of rotatable bonds is 2. The molecule has 1 aromatic rings. The quantitative estimate of drug-likeness (QED) is 0.907. The molecule has 0 aliphatic carbocycles. The first kappa shape index (κ1) is 11.2. The summed E-state index contributed by atoms with van der Waals surface area (Å²) in [5, 5.41) is 0.816. The van der Waals surface area contributed by atoms with Crippen LogP contribution < -0.4 is 10.6 Å². The number of hydrogen-bond acceptors (Lipinski definition) is 2. The van der Waals surface area contributed by atoms with Crippen LogP contribution in [-0.2, 0) is 0 Å². The largest absolute Gasteiger partial charge is 0.370 e. The minimum absolute atomic E-state index is 0.611. The van der Waals surface area contributed by atoms with Gasteiger partial charge in [-0.1, -0.05) is 27.5 Å². The first-order valence-corrected chi connectivity index (χ1v) is 6.28. The maximum absolute atomic E-state index is 6.17. The zero-order chi connectivity index (χ0) is 10.8. The second-order valence-electron chi connectivity index (χ2n) is 3.93. The molecule has 15 heavy (non-hydrogen) atoms. The van der Waals surface area contributed by atoms with Crippen LogP contribution in [0, 0.1) is 5.92 Å². The molecule has 4 heteroatoms. The summed E-state index contributed by atoms with van der Waals surface area (Å²) in [6, 6.07) is 5.96. The van der Waals surface area contributed by atoms with Gasteiger partial charge in [0.2, 0.25) is 0 Å². The Balaban J connectivity index is 2.19. The molecule has 2 N–H and O–H groups in total. The lowest BCUT2D eigenvalue weighted by Crippen LogP contribution is -2.22. The Bertz CT molecular complexity index is 356. The number of hydrogen-bond donors (Lipinski definition) is 1. The molecule has 1 unspecified atom stereocenters. The van der Waals surface area contributed by atoms with Gasteiger partial charge in [0.1, 0.15) is 0 Å². The second-order valence-corrected chi connectivity index (χ2v) is 5.26. The van der Waals surface area contributed by atoms with Crippen molar-refractivity contribution in [3.05, 3.63) is 27.7 Å². The Hall–Kier alpha value is -0.250. The zero-order valence-electron chi connectivity index (χ0n) is 8.42. The Morgan fingerprint density at radius 1 is 1.53 bits per heavy atom. The lowest BCUT2D eigenvalue weighted by atomic mass is 10.1. The van der Waals surface area contributed by atoms with Gasteiger partial charge >= 0.3 is 0 Å². The summed E-state index contributed by atoms with van der Waals surface area (Å²) >= 11 is 9.64. The topological polar surface area (TPSA) is 29.3 Å². The molecule has 1 atom stereocenters.